The fourth-order valence-electron chi connectivity index (χ4n) is 2.68. The van der Waals surface area contributed by atoms with E-state index >= 15 is 0 Å². The van der Waals surface area contributed by atoms with Crippen molar-refractivity contribution in [1.82, 2.24) is 16.0 Å². The predicted molar refractivity (Wildman–Crippen MR) is 114 cm³/mol. The average molecular weight is 412 g/mol. The Hall–Kier alpha value is -3.60. The first-order valence-electron chi connectivity index (χ1n) is 9.50. The van der Waals surface area contributed by atoms with E-state index in [4.69, 9.17) is 12.2 Å². The molecule has 0 aliphatic carbocycles. The van der Waals surface area contributed by atoms with Crippen LogP contribution in [0, 0.1) is 18.3 Å². The number of terminal acetylenes is 1. The van der Waals surface area contributed by atoms with Gasteiger partial charge >= 0.3 is 0 Å². The minimum absolute atomic E-state index is 0.0723. The van der Waals surface area contributed by atoms with Gasteiger partial charge in [0.05, 0.1) is 0 Å². The van der Waals surface area contributed by atoms with Crippen molar-refractivity contribution < 1.29 is 19.2 Å². The fourth-order valence-corrected chi connectivity index (χ4v) is 2.68. The van der Waals surface area contributed by atoms with Gasteiger partial charge in [0.25, 0.3) is 0 Å². The van der Waals surface area contributed by atoms with Crippen molar-refractivity contribution in [2.45, 2.75) is 44.8 Å². The Labute approximate surface area is 176 Å². The van der Waals surface area contributed by atoms with Gasteiger partial charge in [-0.1, -0.05) is 50.8 Å². The highest BCUT2D eigenvalue weighted by molar-refractivity contribution is 5.95. The van der Waals surface area contributed by atoms with Crippen molar-refractivity contribution in [2.75, 3.05) is 0 Å². The van der Waals surface area contributed by atoms with Gasteiger partial charge in [-0.3, -0.25) is 19.2 Å². The summed E-state index contributed by atoms with van der Waals surface area (Å²) >= 11 is 0. The van der Waals surface area contributed by atoms with Crippen LogP contribution in [0.15, 0.2) is 43.0 Å². The topological polar surface area (TPSA) is 130 Å². The Morgan fingerprint density at radius 3 is 2.17 bits per heavy atom. The van der Waals surface area contributed by atoms with E-state index in [1.54, 1.807) is 38.1 Å². The maximum absolute atomic E-state index is 12.8. The van der Waals surface area contributed by atoms with E-state index in [1.165, 1.54) is 0 Å². The summed E-state index contributed by atoms with van der Waals surface area (Å²) < 4.78 is 0. The van der Waals surface area contributed by atoms with Crippen LogP contribution in [0.1, 0.15) is 25.8 Å². The number of primary amides is 1. The van der Waals surface area contributed by atoms with Crippen LogP contribution in [0.5, 0.6) is 0 Å². The number of benzene rings is 1. The molecule has 160 valence electrons. The summed E-state index contributed by atoms with van der Waals surface area (Å²) in [6, 6.07) is 6.10. The van der Waals surface area contributed by atoms with Crippen molar-refractivity contribution in [2.24, 2.45) is 11.7 Å². The van der Waals surface area contributed by atoms with Gasteiger partial charge in [0, 0.05) is 12.8 Å². The molecule has 0 heterocycles. The third-order valence-corrected chi connectivity index (χ3v) is 4.33. The van der Waals surface area contributed by atoms with E-state index in [0.717, 1.165) is 11.6 Å². The number of nitrogens with one attached hydrogen (secondary N) is 3. The molecule has 1 aromatic rings. The second-order valence-electron chi connectivity index (χ2n) is 7.06. The first-order chi connectivity index (χ1) is 14.2. The summed E-state index contributed by atoms with van der Waals surface area (Å²) in [6.07, 6.45) is 6.39. The molecule has 0 aliphatic heterocycles. The molecule has 3 atom stereocenters. The number of nitrogens with two attached hydrogens (primary N) is 1. The lowest BCUT2D eigenvalue weighted by atomic mass is 10.0. The number of carbonyl (C=O) groups excluding carboxylic acids is 4. The van der Waals surface area contributed by atoms with Crippen LogP contribution in [-0.2, 0) is 25.6 Å². The smallest absolute Gasteiger partial charge is 0.244 e. The molecule has 0 aromatic heterocycles. The van der Waals surface area contributed by atoms with Crippen molar-refractivity contribution in [1.29, 1.82) is 0 Å². The lowest BCUT2D eigenvalue weighted by molar-refractivity contribution is -0.133. The van der Waals surface area contributed by atoms with Gasteiger partial charge in [0.1, 0.15) is 18.1 Å². The monoisotopic (exact) mass is 412 g/mol. The molecule has 1 rings (SSSR count). The Morgan fingerprint density at radius 2 is 1.67 bits per heavy atom. The summed E-state index contributed by atoms with van der Waals surface area (Å²) in [4.78, 5) is 48.9. The lowest BCUT2D eigenvalue weighted by Crippen LogP contribution is -2.57. The molecule has 5 N–H and O–H groups in total. The van der Waals surface area contributed by atoms with Gasteiger partial charge in [-0.2, -0.15) is 0 Å². The van der Waals surface area contributed by atoms with Crippen LogP contribution in [0.4, 0.5) is 0 Å². The summed E-state index contributed by atoms with van der Waals surface area (Å²) in [5.41, 5.74) is 6.08. The van der Waals surface area contributed by atoms with E-state index in [2.05, 4.69) is 28.4 Å². The van der Waals surface area contributed by atoms with E-state index in [9.17, 15) is 19.2 Å². The van der Waals surface area contributed by atoms with Gasteiger partial charge in [-0.25, -0.2) is 0 Å². The Balaban J connectivity index is 3.07. The zero-order valence-corrected chi connectivity index (χ0v) is 17.2. The summed E-state index contributed by atoms with van der Waals surface area (Å²) in [6.45, 7) is 6.90. The molecule has 30 heavy (non-hydrogen) atoms. The van der Waals surface area contributed by atoms with Gasteiger partial charge < -0.3 is 21.7 Å². The van der Waals surface area contributed by atoms with Crippen LogP contribution in [-0.4, -0.2) is 41.8 Å². The maximum atomic E-state index is 12.8. The normalized spacial score (nSPS) is 13.3. The molecule has 8 nitrogen and oxygen atoms in total. The molecular formula is C22H28N4O4. The molecular weight excluding hydrogens is 384 g/mol. The first-order valence-corrected chi connectivity index (χ1v) is 9.50. The minimum atomic E-state index is -1.06. The van der Waals surface area contributed by atoms with Gasteiger partial charge in [-0.15, -0.1) is 12.3 Å². The molecule has 4 amide bonds. The summed E-state index contributed by atoms with van der Waals surface area (Å²) in [5, 5.41) is 7.70. The van der Waals surface area contributed by atoms with Crippen molar-refractivity contribution >= 4 is 23.6 Å². The molecule has 0 fully saturated rings. The van der Waals surface area contributed by atoms with Gasteiger partial charge in [-0.05, 0) is 17.6 Å². The highest BCUT2D eigenvalue weighted by atomic mass is 16.2. The Morgan fingerprint density at radius 1 is 1.07 bits per heavy atom. The SMILES string of the molecule is C#CC[C@H](NC(=O)[C@H](Cc1ccccc1)NC(=O)[C@@H](NC(=O)C=C)C(C)C)C(N)=O. The number of hydrogen-bond acceptors (Lipinski definition) is 4. The Kier molecular flexibility index (Phi) is 9.83. The third-order valence-electron chi connectivity index (χ3n) is 4.33. The molecule has 8 heteroatoms. The molecule has 0 saturated heterocycles. The first kappa shape index (κ1) is 24.4. The lowest BCUT2D eigenvalue weighted by Gasteiger charge is -2.26. The van der Waals surface area contributed by atoms with Crippen molar-refractivity contribution in [3.8, 4) is 12.3 Å². The van der Waals surface area contributed by atoms with E-state index in [-0.39, 0.29) is 18.8 Å². The highest BCUT2D eigenvalue weighted by Gasteiger charge is 2.30. The van der Waals surface area contributed by atoms with Crippen LogP contribution >= 0.6 is 0 Å². The van der Waals surface area contributed by atoms with Crippen LogP contribution in [0.25, 0.3) is 0 Å². The quantitative estimate of drug-likeness (QED) is 0.302. The van der Waals surface area contributed by atoms with Gasteiger partial charge in [0.15, 0.2) is 0 Å². The number of amides is 4. The maximum Gasteiger partial charge on any atom is 0.244 e. The molecule has 0 aliphatic rings. The third kappa shape index (κ3) is 7.80. The molecule has 0 unspecified atom stereocenters. The standard InChI is InChI=1S/C22H28N4O4/c1-5-10-16(20(23)28)24-21(29)17(13-15-11-8-7-9-12-15)25-22(30)19(14(3)4)26-18(27)6-2/h1,6-9,11-12,14,16-17,19H,2,10,13H2,3-4H3,(H2,23,28)(H,24,29)(H,25,30)(H,26,27)/t16-,17-,19-/m0/s1. The zero-order chi connectivity index (χ0) is 22.7. The minimum Gasteiger partial charge on any atom is -0.368 e. The summed E-state index contributed by atoms with van der Waals surface area (Å²) in [7, 11) is 0. The second kappa shape index (κ2) is 12.1. The molecule has 0 radical (unpaired) electrons. The van der Waals surface area contributed by atoms with Crippen molar-refractivity contribution in [3.63, 3.8) is 0 Å². The summed E-state index contributed by atoms with van der Waals surface area (Å²) in [5.74, 6) is -0.380. The average Bonchev–Trinajstić information content (AvgIpc) is 2.71. The molecule has 0 bridgehead atoms. The van der Waals surface area contributed by atoms with E-state index < -0.39 is 41.8 Å². The predicted octanol–water partition coefficient (Wildman–Crippen LogP) is 0.0341. The van der Waals surface area contributed by atoms with Crippen LogP contribution < -0.4 is 21.7 Å². The van der Waals surface area contributed by atoms with Gasteiger partial charge in [0.2, 0.25) is 23.6 Å². The number of hydrogen-bond donors (Lipinski definition) is 4. The number of rotatable bonds is 11. The van der Waals surface area contributed by atoms with E-state index in [1.807, 2.05) is 6.07 Å². The molecule has 0 spiro atoms. The molecule has 0 saturated carbocycles. The fraction of sp³-hybridized carbons (Fsp3) is 0.364. The van der Waals surface area contributed by atoms with Crippen LogP contribution in [0.3, 0.4) is 0 Å². The number of carbonyl (C=O) groups is 4. The largest absolute Gasteiger partial charge is 0.368 e. The zero-order valence-electron chi connectivity index (χ0n) is 17.2. The highest BCUT2D eigenvalue weighted by Crippen LogP contribution is 2.07. The van der Waals surface area contributed by atoms with E-state index in [0.29, 0.717) is 0 Å². The Bertz CT molecular complexity index is 814. The van der Waals surface area contributed by atoms with Crippen LogP contribution in [0.2, 0.25) is 0 Å². The van der Waals surface area contributed by atoms with Crippen molar-refractivity contribution in [3.05, 3.63) is 48.6 Å². The second-order valence-corrected chi connectivity index (χ2v) is 7.06. The molecule has 1 aromatic carbocycles.